The van der Waals surface area contributed by atoms with E-state index in [-0.39, 0.29) is 19.0 Å². The van der Waals surface area contributed by atoms with Crippen LogP contribution in [0.3, 0.4) is 0 Å². The van der Waals surface area contributed by atoms with Gasteiger partial charge in [-0.25, -0.2) is 0 Å². The lowest BCUT2D eigenvalue weighted by Gasteiger charge is -2.11. The maximum atomic E-state index is 8.67. The van der Waals surface area contributed by atoms with Crippen LogP contribution in [0.1, 0.15) is 5.56 Å². The van der Waals surface area contributed by atoms with Crippen molar-refractivity contribution in [2.75, 3.05) is 20.3 Å². The van der Waals surface area contributed by atoms with Crippen LogP contribution in [0.25, 0.3) is 0 Å². The molecule has 0 saturated heterocycles. The van der Waals surface area contributed by atoms with Gasteiger partial charge in [-0.3, -0.25) is 0 Å². The molecular weight excluding hydrogens is 212 g/mol. The molecular formula is C10H14N2O4. The maximum absolute atomic E-state index is 8.67. The summed E-state index contributed by atoms with van der Waals surface area (Å²) in [5.74, 6) is 0.918. The van der Waals surface area contributed by atoms with Crippen molar-refractivity contribution in [3.05, 3.63) is 23.8 Å². The molecule has 88 valence electrons. The molecule has 16 heavy (non-hydrogen) atoms. The van der Waals surface area contributed by atoms with Crippen LogP contribution in [-0.4, -0.2) is 36.5 Å². The van der Waals surface area contributed by atoms with Gasteiger partial charge in [0.1, 0.15) is 18.1 Å². The van der Waals surface area contributed by atoms with Gasteiger partial charge in [-0.2, -0.15) is 0 Å². The molecule has 0 aromatic heterocycles. The van der Waals surface area contributed by atoms with E-state index in [1.807, 2.05) is 0 Å². The molecule has 0 heterocycles. The molecule has 0 spiro atoms. The van der Waals surface area contributed by atoms with Crippen molar-refractivity contribution in [2.24, 2.45) is 10.9 Å². The Kier molecular flexibility index (Phi) is 4.41. The maximum Gasteiger partial charge on any atom is 0.173 e. The van der Waals surface area contributed by atoms with Crippen LogP contribution < -0.4 is 15.2 Å². The van der Waals surface area contributed by atoms with Crippen molar-refractivity contribution in [1.29, 1.82) is 0 Å². The Morgan fingerprint density at radius 3 is 2.81 bits per heavy atom. The Morgan fingerprint density at radius 1 is 1.50 bits per heavy atom. The Morgan fingerprint density at radius 2 is 2.25 bits per heavy atom. The fourth-order valence-electron chi connectivity index (χ4n) is 1.17. The van der Waals surface area contributed by atoms with E-state index in [4.69, 9.17) is 25.5 Å². The second kappa shape index (κ2) is 5.82. The van der Waals surface area contributed by atoms with Crippen LogP contribution in [0.15, 0.2) is 23.4 Å². The first-order chi connectivity index (χ1) is 7.72. The minimum Gasteiger partial charge on any atom is -0.497 e. The minimum atomic E-state index is -0.118. The third-order valence-electron chi connectivity index (χ3n) is 1.92. The van der Waals surface area contributed by atoms with Gasteiger partial charge in [-0.05, 0) is 12.1 Å². The van der Waals surface area contributed by atoms with Crippen LogP contribution in [0.5, 0.6) is 11.5 Å². The fraction of sp³-hybridized carbons (Fsp3) is 0.300. The Balaban J connectivity index is 3.06. The molecule has 0 atom stereocenters. The molecule has 0 aliphatic carbocycles. The number of ether oxygens (including phenoxy) is 2. The van der Waals surface area contributed by atoms with Gasteiger partial charge in [0.2, 0.25) is 0 Å². The normalized spacial score (nSPS) is 11.2. The van der Waals surface area contributed by atoms with E-state index >= 15 is 0 Å². The lowest BCUT2D eigenvalue weighted by Crippen LogP contribution is -2.15. The number of oxime groups is 1. The van der Waals surface area contributed by atoms with Gasteiger partial charge in [0, 0.05) is 6.07 Å². The van der Waals surface area contributed by atoms with Crippen LogP contribution in [0, 0.1) is 0 Å². The molecule has 1 rings (SSSR count). The van der Waals surface area contributed by atoms with Crippen LogP contribution >= 0.6 is 0 Å². The predicted molar refractivity (Wildman–Crippen MR) is 58.1 cm³/mol. The average Bonchev–Trinajstić information content (AvgIpc) is 2.34. The molecule has 4 N–H and O–H groups in total. The third kappa shape index (κ3) is 2.77. The predicted octanol–water partition coefficient (Wildman–Crippen LogP) is 0.161. The van der Waals surface area contributed by atoms with E-state index in [0.29, 0.717) is 17.1 Å². The lowest BCUT2D eigenvalue weighted by atomic mass is 10.2. The van der Waals surface area contributed by atoms with Crippen molar-refractivity contribution < 1.29 is 19.8 Å². The first kappa shape index (κ1) is 12.1. The van der Waals surface area contributed by atoms with Crippen molar-refractivity contribution in [3.63, 3.8) is 0 Å². The monoisotopic (exact) mass is 226 g/mol. The fourth-order valence-corrected chi connectivity index (χ4v) is 1.17. The molecule has 0 bridgehead atoms. The van der Waals surface area contributed by atoms with Gasteiger partial charge in [-0.1, -0.05) is 5.16 Å². The Bertz CT molecular complexity index is 379. The molecule has 6 heteroatoms. The second-order valence-electron chi connectivity index (χ2n) is 2.92. The van der Waals surface area contributed by atoms with E-state index in [9.17, 15) is 0 Å². The molecule has 0 fully saturated rings. The summed E-state index contributed by atoms with van der Waals surface area (Å²) in [6, 6.07) is 4.88. The van der Waals surface area contributed by atoms with Crippen LogP contribution in [0.2, 0.25) is 0 Å². The van der Waals surface area contributed by atoms with Gasteiger partial charge in [0.05, 0.1) is 19.3 Å². The van der Waals surface area contributed by atoms with Crippen molar-refractivity contribution in [2.45, 2.75) is 0 Å². The van der Waals surface area contributed by atoms with E-state index in [2.05, 4.69) is 5.16 Å². The smallest absolute Gasteiger partial charge is 0.173 e. The van der Waals surface area contributed by atoms with Gasteiger partial charge in [0.15, 0.2) is 5.84 Å². The number of nitrogens with zero attached hydrogens (tertiary/aromatic N) is 1. The zero-order valence-electron chi connectivity index (χ0n) is 8.88. The van der Waals surface area contributed by atoms with E-state index in [1.165, 1.54) is 7.11 Å². The summed E-state index contributed by atoms with van der Waals surface area (Å²) >= 11 is 0. The standard InChI is InChI=1S/C10H14N2O4/c1-15-7-2-3-8(10(11)12-14)9(6-7)16-5-4-13/h2-3,6,13-14H,4-5H2,1H3,(H2,11,12). The summed E-state index contributed by atoms with van der Waals surface area (Å²) in [4.78, 5) is 0. The molecule has 1 aromatic rings. The first-order valence-corrected chi connectivity index (χ1v) is 4.62. The van der Waals surface area contributed by atoms with Crippen LogP contribution in [0.4, 0.5) is 0 Å². The molecule has 0 aliphatic rings. The molecule has 0 radical (unpaired) electrons. The number of aliphatic hydroxyl groups excluding tert-OH is 1. The zero-order valence-corrected chi connectivity index (χ0v) is 8.88. The number of rotatable bonds is 5. The van der Waals surface area contributed by atoms with Gasteiger partial charge < -0.3 is 25.5 Å². The number of hydrogen-bond acceptors (Lipinski definition) is 5. The molecule has 0 aliphatic heterocycles. The largest absolute Gasteiger partial charge is 0.497 e. The van der Waals surface area contributed by atoms with E-state index < -0.39 is 0 Å². The number of benzene rings is 1. The van der Waals surface area contributed by atoms with Gasteiger partial charge >= 0.3 is 0 Å². The summed E-state index contributed by atoms with van der Waals surface area (Å²) in [5, 5.41) is 20.2. The minimum absolute atomic E-state index is 0.0596. The van der Waals surface area contributed by atoms with Crippen molar-refractivity contribution in [3.8, 4) is 11.5 Å². The zero-order chi connectivity index (χ0) is 12.0. The SMILES string of the molecule is COc1ccc(/C(N)=N/O)c(OCCO)c1. The number of nitrogens with two attached hydrogens (primary N) is 1. The Hall–Kier alpha value is -1.95. The summed E-state index contributed by atoms with van der Waals surface area (Å²) < 4.78 is 10.3. The molecule has 0 saturated carbocycles. The molecule has 1 aromatic carbocycles. The Labute approximate surface area is 92.9 Å². The topological polar surface area (TPSA) is 97.3 Å². The first-order valence-electron chi connectivity index (χ1n) is 4.62. The van der Waals surface area contributed by atoms with Crippen molar-refractivity contribution in [1.82, 2.24) is 0 Å². The highest BCUT2D eigenvalue weighted by Gasteiger charge is 2.09. The molecule has 0 unspecified atom stereocenters. The van der Waals surface area contributed by atoms with Crippen LogP contribution in [-0.2, 0) is 0 Å². The van der Waals surface area contributed by atoms with E-state index in [1.54, 1.807) is 18.2 Å². The highest BCUT2D eigenvalue weighted by molar-refractivity contribution is 5.99. The molecule has 6 nitrogen and oxygen atoms in total. The highest BCUT2D eigenvalue weighted by Crippen LogP contribution is 2.24. The second-order valence-corrected chi connectivity index (χ2v) is 2.92. The van der Waals surface area contributed by atoms with Crippen molar-refractivity contribution >= 4 is 5.84 Å². The lowest BCUT2D eigenvalue weighted by molar-refractivity contribution is 0.200. The quantitative estimate of drug-likeness (QED) is 0.287. The average molecular weight is 226 g/mol. The number of aliphatic hydroxyl groups is 1. The third-order valence-corrected chi connectivity index (χ3v) is 1.92. The molecule has 0 amide bonds. The van der Waals surface area contributed by atoms with E-state index in [0.717, 1.165) is 0 Å². The number of methoxy groups -OCH3 is 1. The number of hydrogen-bond donors (Lipinski definition) is 3. The summed E-state index contributed by atoms with van der Waals surface area (Å²) in [7, 11) is 1.52. The summed E-state index contributed by atoms with van der Waals surface area (Å²) in [5.41, 5.74) is 5.92. The summed E-state index contributed by atoms with van der Waals surface area (Å²) in [6.45, 7) is 0.00565. The number of amidine groups is 1. The summed E-state index contributed by atoms with van der Waals surface area (Å²) in [6.07, 6.45) is 0. The van der Waals surface area contributed by atoms with Gasteiger partial charge in [0.25, 0.3) is 0 Å². The van der Waals surface area contributed by atoms with Gasteiger partial charge in [-0.15, -0.1) is 0 Å². The highest BCUT2D eigenvalue weighted by atomic mass is 16.5.